The van der Waals surface area contributed by atoms with Crippen LogP contribution in [0.1, 0.15) is 25.7 Å². The summed E-state index contributed by atoms with van der Waals surface area (Å²) >= 11 is 0. The van der Waals surface area contributed by atoms with Crippen LogP contribution in [0.15, 0.2) is 0 Å². The zero-order chi connectivity index (χ0) is 14.0. The normalized spacial score (nSPS) is 34.5. The molecule has 1 spiro atoms. The van der Waals surface area contributed by atoms with Gasteiger partial charge in [0.05, 0.1) is 13.2 Å². The van der Waals surface area contributed by atoms with Gasteiger partial charge in [0, 0.05) is 25.2 Å². The molecular weight excluding hydrogens is 254 g/mol. The first-order valence-corrected chi connectivity index (χ1v) is 7.93. The number of carbonyl (C=O) groups excluding carboxylic acids is 1. The summed E-state index contributed by atoms with van der Waals surface area (Å²) in [5.74, 6) is 0. The second kappa shape index (κ2) is 6.00. The summed E-state index contributed by atoms with van der Waals surface area (Å²) < 4.78 is 5.73. The average Bonchev–Trinajstić information content (AvgIpc) is 2.91. The van der Waals surface area contributed by atoms with Gasteiger partial charge in [0.15, 0.2) is 0 Å². The molecule has 0 aromatic heterocycles. The van der Waals surface area contributed by atoms with Gasteiger partial charge in [-0.05, 0) is 51.2 Å². The van der Waals surface area contributed by atoms with Gasteiger partial charge in [-0.1, -0.05) is 0 Å². The zero-order valence-electron chi connectivity index (χ0n) is 12.5. The third-order valence-corrected chi connectivity index (χ3v) is 5.59. The van der Waals surface area contributed by atoms with Crippen molar-refractivity contribution < 1.29 is 9.53 Å². The van der Waals surface area contributed by atoms with Crippen molar-refractivity contribution in [1.29, 1.82) is 0 Å². The molecule has 3 aliphatic heterocycles. The highest BCUT2D eigenvalue weighted by Crippen LogP contribution is 2.40. The number of rotatable bonds is 3. The predicted molar refractivity (Wildman–Crippen MR) is 77.6 cm³/mol. The van der Waals surface area contributed by atoms with Gasteiger partial charge in [-0.15, -0.1) is 0 Å². The molecule has 2 atom stereocenters. The highest BCUT2D eigenvalue weighted by Gasteiger charge is 2.41. The number of nitrogens with one attached hydrogen (secondary N) is 1. The molecule has 114 valence electrons. The van der Waals surface area contributed by atoms with Crippen molar-refractivity contribution in [3.8, 4) is 0 Å². The molecule has 3 fully saturated rings. The molecule has 3 heterocycles. The molecule has 1 N–H and O–H groups in total. The van der Waals surface area contributed by atoms with Crippen LogP contribution in [-0.2, 0) is 9.53 Å². The fourth-order valence-electron chi connectivity index (χ4n) is 4.10. The third-order valence-electron chi connectivity index (χ3n) is 5.59. The smallest absolute Gasteiger partial charge is 0.209 e. The summed E-state index contributed by atoms with van der Waals surface area (Å²) in [5, 5.41) is 3.34. The van der Waals surface area contributed by atoms with Gasteiger partial charge >= 0.3 is 0 Å². The van der Waals surface area contributed by atoms with E-state index in [1.54, 1.807) is 0 Å². The zero-order valence-corrected chi connectivity index (χ0v) is 12.5. The Balaban J connectivity index is 1.52. The van der Waals surface area contributed by atoms with E-state index in [4.69, 9.17) is 4.74 Å². The lowest BCUT2D eigenvalue weighted by Crippen LogP contribution is -2.52. The summed E-state index contributed by atoms with van der Waals surface area (Å²) in [6, 6.07) is 1.07. The fraction of sp³-hybridized carbons (Fsp3) is 0.933. The van der Waals surface area contributed by atoms with Crippen LogP contribution in [0.3, 0.4) is 0 Å². The van der Waals surface area contributed by atoms with E-state index in [2.05, 4.69) is 10.2 Å². The first-order chi connectivity index (χ1) is 9.74. The number of likely N-dealkylation sites (tertiary alicyclic amines) is 2. The highest BCUT2D eigenvalue weighted by atomic mass is 16.5. The Hall–Kier alpha value is -0.650. The molecule has 3 saturated heterocycles. The van der Waals surface area contributed by atoms with Crippen LogP contribution in [0.25, 0.3) is 0 Å². The molecular formula is C15H27N3O2. The van der Waals surface area contributed by atoms with Crippen molar-refractivity contribution in [3.05, 3.63) is 0 Å². The number of ether oxygens (including phenoxy) is 1. The molecule has 0 saturated carbocycles. The number of piperidine rings is 1. The number of carbonyl (C=O) groups is 1. The van der Waals surface area contributed by atoms with Gasteiger partial charge < -0.3 is 15.0 Å². The molecule has 3 aliphatic rings. The minimum Gasteiger partial charge on any atom is -0.378 e. The first kappa shape index (κ1) is 14.3. The SMILES string of the molecule is CNC1COCC(N2CCC3(CCN(C=O)C3)CC2)C1. The number of nitrogens with zero attached hydrogens (tertiary/aromatic N) is 2. The summed E-state index contributed by atoms with van der Waals surface area (Å²) in [7, 11) is 2.02. The Morgan fingerprint density at radius 2 is 1.95 bits per heavy atom. The molecule has 5 nitrogen and oxygen atoms in total. The lowest BCUT2D eigenvalue weighted by Gasteiger charge is -2.44. The topological polar surface area (TPSA) is 44.8 Å². The summed E-state index contributed by atoms with van der Waals surface area (Å²) in [6.07, 6.45) is 5.88. The summed E-state index contributed by atoms with van der Waals surface area (Å²) in [5.41, 5.74) is 0.412. The van der Waals surface area contributed by atoms with Gasteiger partial charge in [0.2, 0.25) is 6.41 Å². The van der Waals surface area contributed by atoms with Crippen LogP contribution >= 0.6 is 0 Å². The van der Waals surface area contributed by atoms with Gasteiger partial charge in [0.1, 0.15) is 0 Å². The Kier molecular flexibility index (Phi) is 4.29. The van der Waals surface area contributed by atoms with Gasteiger partial charge in [-0.25, -0.2) is 0 Å². The molecule has 0 aromatic carbocycles. The molecule has 20 heavy (non-hydrogen) atoms. The van der Waals surface area contributed by atoms with Crippen LogP contribution in [0, 0.1) is 5.41 Å². The van der Waals surface area contributed by atoms with Crippen LogP contribution in [-0.4, -0.2) is 74.7 Å². The van der Waals surface area contributed by atoms with E-state index in [-0.39, 0.29) is 0 Å². The van der Waals surface area contributed by atoms with E-state index < -0.39 is 0 Å². The van der Waals surface area contributed by atoms with Crippen molar-refractivity contribution in [2.75, 3.05) is 46.4 Å². The Labute approximate surface area is 121 Å². The van der Waals surface area contributed by atoms with Crippen molar-refractivity contribution >= 4 is 6.41 Å². The van der Waals surface area contributed by atoms with Gasteiger partial charge in [0.25, 0.3) is 0 Å². The van der Waals surface area contributed by atoms with Crippen molar-refractivity contribution in [3.63, 3.8) is 0 Å². The van der Waals surface area contributed by atoms with Crippen molar-refractivity contribution in [2.45, 2.75) is 37.8 Å². The maximum Gasteiger partial charge on any atom is 0.209 e. The molecule has 0 aliphatic carbocycles. The lowest BCUT2D eigenvalue weighted by atomic mass is 9.77. The highest BCUT2D eigenvalue weighted by molar-refractivity contribution is 5.47. The van der Waals surface area contributed by atoms with Crippen LogP contribution in [0.5, 0.6) is 0 Å². The minimum atomic E-state index is 0.412. The quantitative estimate of drug-likeness (QED) is 0.756. The fourth-order valence-corrected chi connectivity index (χ4v) is 4.10. The molecule has 3 rings (SSSR count). The first-order valence-electron chi connectivity index (χ1n) is 7.93. The third kappa shape index (κ3) is 2.85. The van der Waals surface area contributed by atoms with Gasteiger partial charge in [-0.2, -0.15) is 0 Å². The average molecular weight is 281 g/mol. The minimum absolute atomic E-state index is 0.412. The summed E-state index contributed by atoms with van der Waals surface area (Å²) in [4.78, 5) is 15.5. The van der Waals surface area contributed by atoms with Crippen LogP contribution in [0.2, 0.25) is 0 Å². The van der Waals surface area contributed by atoms with Crippen LogP contribution in [0.4, 0.5) is 0 Å². The maximum atomic E-state index is 10.9. The lowest BCUT2D eigenvalue weighted by molar-refractivity contribution is -0.117. The maximum absolute atomic E-state index is 10.9. The van der Waals surface area contributed by atoms with Gasteiger partial charge in [-0.3, -0.25) is 9.69 Å². The standard InChI is InChI=1S/C15H27N3O2/c1-16-13-8-14(10-20-9-13)18-6-3-15(4-7-18)2-5-17(11-15)12-19/h12-14,16H,2-11H2,1H3. The largest absolute Gasteiger partial charge is 0.378 e. The van der Waals surface area contributed by atoms with Crippen LogP contribution < -0.4 is 5.32 Å². The molecule has 0 bridgehead atoms. The Morgan fingerprint density at radius 3 is 2.60 bits per heavy atom. The Bertz CT molecular complexity index is 342. The van der Waals surface area contributed by atoms with E-state index >= 15 is 0 Å². The molecule has 2 unspecified atom stereocenters. The number of hydrogen-bond donors (Lipinski definition) is 1. The van der Waals surface area contributed by atoms with E-state index in [0.29, 0.717) is 17.5 Å². The molecule has 0 aromatic rings. The van der Waals surface area contributed by atoms with Crippen molar-refractivity contribution in [1.82, 2.24) is 15.1 Å². The van der Waals surface area contributed by atoms with Crippen molar-refractivity contribution in [2.24, 2.45) is 5.41 Å². The molecule has 1 amide bonds. The number of hydrogen-bond acceptors (Lipinski definition) is 4. The van der Waals surface area contributed by atoms with E-state index in [9.17, 15) is 4.79 Å². The molecule has 5 heteroatoms. The molecule has 0 radical (unpaired) electrons. The summed E-state index contributed by atoms with van der Waals surface area (Å²) in [6.45, 7) is 5.99. The second-order valence-corrected chi connectivity index (χ2v) is 6.77. The number of likely N-dealkylation sites (N-methyl/N-ethyl adjacent to an activating group) is 1. The van der Waals surface area contributed by atoms with E-state index in [1.165, 1.54) is 25.7 Å². The van der Waals surface area contributed by atoms with E-state index in [1.807, 2.05) is 11.9 Å². The monoisotopic (exact) mass is 281 g/mol. The Morgan fingerprint density at radius 1 is 1.20 bits per heavy atom. The predicted octanol–water partition coefficient (Wildman–Crippen LogP) is 0.308. The van der Waals surface area contributed by atoms with E-state index in [0.717, 1.165) is 45.8 Å². The number of amides is 1. The second-order valence-electron chi connectivity index (χ2n) is 6.77.